The van der Waals surface area contributed by atoms with Crippen LogP contribution in [0.4, 0.5) is 5.69 Å². The van der Waals surface area contributed by atoms with E-state index < -0.39 is 11.8 Å². The molecule has 0 heterocycles. The number of carbonyl (C=O) groups excluding carboxylic acids is 2. The van der Waals surface area contributed by atoms with Gasteiger partial charge in [-0.05, 0) is 41.8 Å². The minimum atomic E-state index is -0.931. The fourth-order valence-corrected chi connectivity index (χ4v) is 4.79. The van der Waals surface area contributed by atoms with Crippen LogP contribution in [0.2, 0.25) is 0 Å². The number of carbonyl (C=O) groups is 2. The van der Waals surface area contributed by atoms with Gasteiger partial charge in [-0.1, -0.05) is 128 Å². The molecule has 204 valence electrons. The van der Waals surface area contributed by atoms with Crippen molar-refractivity contribution in [2.24, 2.45) is 5.73 Å². The SMILES string of the molecule is CCCCCCCCCCCCCCCCCCN(C(=O)C(N)=O)c1ccc(-c2ccc(O)cc2)cc1. The average molecular weight is 509 g/mol. The van der Waals surface area contributed by atoms with Gasteiger partial charge in [0.1, 0.15) is 5.75 Å². The molecule has 0 saturated carbocycles. The maximum Gasteiger partial charge on any atom is 0.316 e. The summed E-state index contributed by atoms with van der Waals surface area (Å²) < 4.78 is 0. The summed E-state index contributed by atoms with van der Waals surface area (Å²) in [5, 5.41) is 9.48. The second kappa shape index (κ2) is 18.4. The third kappa shape index (κ3) is 12.3. The zero-order valence-corrected chi connectivity index (χ0v) is 22.9. The van der Waals surface area contributed by atoms with Crippen LogP contribution in [0.3, 0.4) is 0 Å². The molecular weight excluding hydrogens is 460 g/mol. The average Bonchev–Trinajstić information content (AvgIpc) is 2.91. The number of phenols is 1. The van der Waals surface area contributed by atoms with Crippen molar-refractivity contribution in [3.63, 3.8) is 0 Å². The quantitative estimate of drug-likeness (QED) is 0.148. The molecule has 2 amide bonds. The second-order valence-electron chi connectivity index (χ2n) is 10.2. The van der Waals surface area contributed by atoms with Gasteiger partial charge in [-0.3, -0.25) is 9.59 Å². The summed E-state index contributed by atoms with van der Waals surface area (Å²) >= 11 is 0. The normalized spacial score (nSPS) is 10.9. The number of aromatic hydroxyl groups is 1. The molecule has 0 spiro atoms. The Kier molecular flexibility index (Phi) is 15.1. The summed E-state index contributed by atoms with van der Waals surface area (Å²) in [6.07, 6.45) is 20.7. The highest BCUT2D eigenvalue weighted by atomic mass is 16.3. The third-order valence-corrected chi connectivity index (χ3v) is 7.07. The largest absolute Gasteiger partial charge is 0.508 e. The topological polar surface area (TPSA) is 83.6 Å². The van der Waals surface area contributed by atoms with Crippen molar-refractivity contribution in [3.8, 4) is 16.9 Å². The fraction of sp³-hybridized carbons (Fsp3) is 0.562. The van der Waals surface area contributed by atoms with Gasteiger partial charge in [0.15, 0.2) is 0 Å². The molecule has 37 heavy (non-hydrogen) atoms. The van der Waals surface area contributed by atoms with Crippen LogP contribution < -0.4 is 10.6 Å². The lowest BCUT2D eigenvalue weighted by molar-refractivity contribution is -0.135. The molecule has 2 aromatic rings. The second-order valence-corrected chi connectivity index (χ2v) is 10.2. The van der Waals surface area contributed by atoms with Gasteiger partial charge in [-0.2, -0.15) is 0 Å². The van der Waals surface area contributed by atoms with E-state index in [1.165, 1.54) is 88.4 Å². The van der Waals surface area contributed by atoms with Gasteiger partial charge < -0.3 is 15.7 Å². The van der Waals surface area contributed by atoms with Crippen LogP contribution in [-0.2, 0) is 9.59 Å². The molecule has 0 radical (unpaired) electrons. The number of amides is 2. The van der Waals surface area contributed by atoms with Crippen molar-refractivity contribution in [1.29, 1.82) is 0 Å². The molecule has 0 unspecified atom stereocenters. The van der Waals surface area contributed by atoms with Gasteiger partial charge in [0.25, 0.3) is 0 Å². The van der Waals surface area contributed by atoms with Gasteiger partial charge in [-0.15, -0.1) is 0 Å². The molecule has 0 aliphatic rings. The van der Waals surface area contributed by atoms with Gasteiger partial charge in [-0.25, -0.2) is 0 Å². The summed E-state index contributed by atoms with van der Waals surface area (Å²) in [6, 6.07) is 14.5. The summed E-state index contributed by atoms with van der Waals surface area (Å²) in [4.78, 5) is 25.6. The minimum absolute atomic E-state index is 0.220. The first-order valence-corrected chi connectivity index (χ1v) is 14.5. The van der Waals surface area contributed by atoms with E-state index in [2.05, 4.69) is 6.92 Å². The van der Waals surface area contributed by atoms with E-state index in [9.17, 15) is 14.7 Å². The smallest absolute Gasteiger partial charge is 0.316 e. The van der Waals surface area contributed by atoms with Crippen molar-refractivity contribution in [3.05, 3.63) is 48.5 Å². The molecule has 3 N–H and O–H groups in total. The summed E-state index contributed by atoms with van der Waals surface area (Å²) in [5.74, 6) is -1.38. The predicted molar refractivity (Wildman–Crippen MR) is 155 cm³/mol. The molecule has 0 fully saturated rings. The number of hydrogen-bond acceptors (Lipinski definition) is 3. The zero-order valence-electron chi connectivity index (χ0n) is 22.9. The summed E-state index contributed by atoms with van der Waals surface area (Å²) in [5.41, 5.74) is 7.93. The van der Waals surface area contributed by atoms with Gasteiger partial charge in [0.2, 0.25) is 0 Å². The van der Waals surface area contributed by atoms with Crippen LogP contribution in [0.1, 0.15) is 110 Å². The lowest BCUT2D eigenvalue weighted by Gasteiger charge is -2.21. The first kappa shape index (κ1) is 30.4. The van der Waals surface area contributed by atoms with Crippen LogP contribution in [0, 0.1) is 0 Å². The Morgan fingerprint density at radius 1 is 0.622 bits per heavy atom. The van der Waals surface area contributed by atoms with Crippen molar-refractivity contribution in [2.75, 3.05) is 11.4 Å². The third-order valence-electron chi connectivity index (χ3n) is 7.07. The maximum absolute atomic E-state index is 12.5. The number of rotatable bonds is 19. The Morgan fingerprint density at radius 3 is 1.41 bits per heavy atom. The Hall–Kier alpha value is -2.82. The number of anilines is 1. The zero-order chi connectivity index (χ0) is 26.7. The Labute approximate surface area is 224 Å². The highest BCUT2D eigenvalue weighted by Crippen LogP contribution is 2.25. The van der Waals surface area contributed by atoms with Crippen LogP contribution in [-0.4, -0.2) is 23.5 Å². The molecule has 2 rings (SSSR count). The maximum atomic E-state index is 12.5. The van der Waals surface area contributed by atoms with Crippen LogP contribution in [0.15, 0.2) is 48.5 Å². The van der Waals surface area contributed by atoms with Crippen LogP contribution in [0.5, 0.6) is 5.75 Å². The Bertz CT molecular complexity index is 893. The van der Waals surface area contributed by atoms with E-state index in [4.69, 9.17) is 5.73 Å². The molecule has 2 aromatic carbocycles. The van der Waals surface area contributed by atoms with Crippen LogP contribution in [0.25, 0.3) is 11.1 Å². The highest BCUT2D eigenvalue weighted by Gasteiger charge is 2.20. The number of hydrogen-bond donors (Lipinski definition) is 2. The summed E-state index contributed by atoms with van der Waals surface area (Å²) in [6.45, 7) is 2.75. The van der Waals surface area contributed by atoms with E-state index in [1.54, 1.807) is 12.1 Å². The van der Waals surface area contributed by atoms with E-state index >= 15 is 0 Å². The molecule has 0 aliphatic heterocycles. The molecule has 5 heteroatoms. The monoisotopic (exact) mass is 508 g/mol. The molecule has 0 aliphatic carbocycles. The number of primary amides is 1. The van der Waals surface area contributed by atoms with E-state index in [0.717, 1.165) is 30.4 Å². The standard InChI is InChI=1S/C32H48N2O3/c1-2-3-4-5-6-7-8-9-10-11-12-13-14-15-16-17-26-34(32(37)31(33)36)29-22-18-27(19-23-29)28-20-24-30(35)25-21-28/h18-25,35H,2-17,26H2,1H3,(H2,33,36). The van der Waals surface area contributed by atoms with Gasteiger partial charge >= 0.3 is 11.8 Å². The van der Waals surface area contributed by atoms with Gasteiger partial charge in [0, 0.05) is 12.2 Å². The van der Waals surface area contributed by atoms with E-state index in [0.29, 0.717) is 12.2 Å². The Balaban J connectivity index is 1.62. The minimum Gasteiger partial charge on any atom is -0.508 e. The molecule has 0 saturated heterocycles. The lowest BCUT2D eigenvalue weighted by atomic mass is 10.0. The summed E-state index contributed by atoms with van der Waals surface area (Å²) in [7, 11) is 0. The van der Waals surface area contributed by atoms with Crippen molar-refractivity contribution >= 4 is 17.5 Å². The first-order valence-electron chi connectivity index (χ1n) is 14.5. The number of nitrogens with two attached hydrogens (primary N) is 1. The van der Waals surface area contributed by atoms with Crippen LogP contribution >= 0.6 is 0 Å². The number of nitrogens with zero attached hydrogens (tertiary/aromatic N) is 1. The highest BCUT2D eigenvalue weighted by molar-refractivity contribution is 6.39. The fourth-order valence-electron chi connectivity index (χ4n) is 4.79. The first-order chi connectivity index (χ1) is 18.0. The lowest BCUT2D eigenvalue weighted by Crippen LogP contribution is -2.41. The molecule has 0 atom stereocenters. The van der Waals surface area contributed by atoms with E-state index in [-0.39, 0.29) is 5.75 Å². The molecule has 0 aromatic heterocycles. The van der Waals surface area contributed by atoms with Crippen molar-refractivity contribution in [2.45, 2.75) is 110 Å². The number of benzene rings is 2. The molecular formula is C32H48N2O3. The van der Waals surface area contributed by atoms with E-state index in [1.807, 2.05) is 36.4 Å². The van der Waals surface area contributed by atoms with Gasteiger partial charge in [0.05, 0.1) is 0 Å². The predicted octanol–water partition coefficient (Wildman–Crippen LogP) is 8.14. The number of unbranched alkanes of at least 4 members (excludes halogenated alkanes) is 15. The van der Waals surface area contributed by atoms with Crippen molar-refractivity contribution in [1.82, 2.24) is 0 Å². The number of phenolic OH excluding ortho intramolecular Hbond substituents is 1. The molecule has 5 nitrogen and oxygen atoms in total. The Morgan fingerprint density at radius 2 is 1.00 bits per heavy atom. The van der Waals surface area contributed by atoms with Crippen molar-refractivity contribution < 1.29 is 14.7 Å². The molecule has 0 bridgehead atoms.